The molecule has 0 radical (unpaired) electrons. The number of aliphatic hydroxyl groups excluding tert-OH is 2. The van der Waals surface area contributed by atoms with Crippen LogP contribution in [0.25, 0.3) is 0 Å². The maximum absolute atomic E-state index is 8.69. The Morgan fingerprint density at radius 2 is 1.67 bits per heavy atom. The normalized spacial score (nSPS) is 14.0. The van der Waals surface area contributed by atoms with Crippen LogP contribution < -0.4 is 0 Å². The Bertz CT molecular complexity index is 149. The summed E-state index contributed by atoms with van der Waals surface area (Å²) >= 11 is 0. The fourth-order valence-electron chi connectivity index (χ4n) is 0.922. The van der Waals surface area contributed by atoms with Crippen molar-refractivity contribution in [2.45, 2.75) is 59.7 Å². The lowest BCUT2D eigenvalue weighted by Crippen LogP contribution is -2.19. The Morgan fingerprint density at radius 3 is 2.06 bits per heavy atom. The van der Waals surface area contributed by atoms with Crippen molar-refractivity contribution < 1.29 is 19.7 Å². The van der Waals surface area contributed by atoms with Gasteiger partial charge in [-0.3, -0.25) is 0 Å². The first-order valence-corrected chi connectivity index (χ1v) is 6.92. The molecule has 0 aliphatic heterocycles. The molecule has 0 amide bonds. The lowest BCUT2D eigenvalue weighted by atomic mass is 10.1. The van der Waals surface area contributed by atoms with E-state index in [-0.39, 0.29) is 12.7 Å². The highest BCUT2D eigenvalue weighted by Crippen LogP contribution is 1.98. The molecule has 0 saturated heterocycles. The third-order valence-electron chi connectivity index (χ3n) is 2.07. The summed E-state index contributed by atoms with van der Waals surface area (Å²) in [5.74, 6) is 0.779. The highest BCUT2D eigenvalue weighted by atomic mass is 16.5. The van der Waals surface area contributed by atoms with Crippen molar-refractivity contribution >= 4 is 0 Å². The molecule has 0 aliphatic rings. The Balaban J connectivity index is 0. The lowest BCUT2D eigenvalue weighted by molar-refractivity contribution is -0.0177. The Labute approximate surface area is 112 Å². The summed E-state index contributed by atoms with van der Waals surface area (Å²) in [4.78, 5) is 0. The van der Waals surface area contributed by atoms with Crippen molar-refractivity contribution in [3.63, 3.8) is 0 Å². The molecule has 2 N–H and O–H groups in total. The van der Waals surface area contributed by atoms with Crippen LogP contribution in [0.3, 0.4) is 0 Å². The van der Waals surface area contributed by atoms with E-state index in [4.69, 9.17) is 19.7 Å². The van der Waals surface area contributed by atoms with Crippen molar-refractivity contribution in [1.82, 2.24) is 0 Å². The number of hydrogen-bond acceptors (Lipinski definition) is 4. The minimum atomic E-state index is -0.445. The van der Waals surface area contributed by atoms with Gasteiger partial charge in [-0.25, -0.2) is 0 Å². The molecule has 0 aromatic heterocycles. The molecule has 0 rings (SSSR count). The van der Waals surface area contributed by atoms with Gasteiger partial charge in [-0.1, -0.05) is 20.8 Å². The molecule has 0 heterocycles. The smallest absolute Gasteiger partial charge is 0.0779 e. The minimum Gasteiger partial charge on any atom is -0.394 e. The number of ether oxygens (including phenoxy) is 2. The first-order chi connectivity index (χ1) is 8.43. The zero-order chi connectivity index (χ0) is 14.4. The van der Waals surface area contributed by atoms with Crippen LogP contribution in [-0.2, 0) is 9.47 Å². The van der Waals surface area contributed by atoms with E-state index < -0.39 is 6.10 Å². The molecular weight excluding hydrogens is 232 g/mol. The lowest BCUT2D eigenvalue weighted by Gasteiger charge is -2.10. The van der Waals surface area contributed by atoms with E-state index in [9.17, 15) is 0 Å². The summed E-state index contributed by atoms with van der Waals surface area (Å²) < 4.78 is 10.2. The standard InChI is InChI=1S/C8H18O.C6H14O3/c1-4-6-9-7-5-8(2)3;1-5(8)4-9-6(2)3-7/h8H,4-7H2,1-3H3;5-8H,3-4H2,1-2H3. The van der Waals surface area contributed by atoms with Crippen LogP contribution in [0.5, 0.6) is 0 Å². The van der Waals surface area contributed by atoms with E-state index >= 15 is 0 Å². The van der Waals surface area contributed by atoms with E-state index in [1.165, 1.54) is 6.42 Å². The van der Waals surface area contributed by atoms with Crippen LogP contribution in [0.15, 0.2) is 0 Å². The molecule has 0 aromatic rings. The third kappa shape index (κ3) is 21.2. The van der Waals surface area contributed by atoms with Crippen LogP contribution in [0, 0.1) is 5.92 Å². The molecule has 0 bridgehead atoms. The summed E-state index contributed by atoms with van der Waals surface area (Å²) in [5, 5.41) is 17.1. The average Bonchev–Trinajstić information content (AvgIpc) is 2.32. The number of rotatable bonds is 9. The first-order valence-electron chi connectivity index (χ1n) is 6.92. The maximum atomic E-state index is 8.69. The van der Waals surface area contributed by atoms with Gasteiger partial charge in [0.2, 0.25) is 0 Å². The fraction of sp³-hybridized carbons (Fsp3) is 1.00. The molecule has 2 atom stereocenters. The number of hydrogen-bond donors (Lipinski definition) is 2. The van der Waals surface area contributed by atoms with Gasteiger partial charge in [-0.2, -0.15) is 0 Å². The largest absolute Gasteiger partial charge is 0.394 e. The summed E-state index contributed by atoms with van der Waals surface area (Å²) in [6, 6.07) is 0. The predicted octanol–water partition coefficient (Wildman–Crippen LogP) is 2.22. The van der Waals surface area contributed by atoms with E-state index in [1.54, 1.807) is 13.8 Å². The molecule has 0 aromatic carbocycles. The zero-order valence-electron chi connectivity index (χ0n) is 12.7. The van der Waals surface area contributed by atoms with E-state index in [1.807, 2.05) is 0 Å². The third-order valence-corrected chi connectivity index (χ3v) is 2.07. The van der Waals surface area contributed by atoms with Crippen molar-refractivity contribution in [1.29, 1.82) is 0 Å². The van der Waals surface area contributed by atoms with Gasteiger partial charge in [0, 0.05) is 13.2 Å². The van der Waals surface area contributed by atoms with Gasteiger partial charge in [0.25, 0.3) is 0 Å². The van der Waals surface area contributed by atoms with Crippen LogP contribution in [-0.4, -0.2) is 48.8 Å². The highest BCUT2D eigenvalue weighted by Gasteiger charge is 2.00. The predicted molar refractivity (Wildman–Crippen MR) is 74.7 cm³/mol. The molecule has 4 heteroatoms. The Kier molecular flexibility index (Phi) is 16.7. The van der Waals surface area contributed by atoms with Crippen molar-refractivity contribution in [2.24, 2.45) is 5.92 Å². The quantitative estimate of drug-likeness (QED) is 0.627. The van der Waals surface area contributed by atoms with Gasteiger partial charge < -0.3 is 19.7 Å². The van der Waals surface area contributed by atoms with Gasteiger partial charge in [0.05, 0.1) is 25.4 Å². The van der Waals surface area contributed by atoms with E-state index in [2.05, 4.69) is 20.8 Å². The van der Waals surface area contributed by atoms with Gasteiger partial charge in [0.1, 0.15) is 0 Å². The minimum absolute atomic E-state index is 0.00667. The van der Waals surface area contributed by atoms with Crippen LogP contribution in [0.4, 0.5) is 0 Å². The van der Waals surface area contributed by atoms with Gasteiger partial charge >= 0.3 is 0 Å². The van der Waals surface area contributed by atoms with Crippen molar-refractivity contribution in [3.8, 4) is 0 Å². The summed E-state index contributed by atoms with van der Waals surface area (Å²) in [6.07, 6.45) is 1.72. The molecule has 18 heavy (non-hydrogen) atoms. The second-order valence-corrected chi connectivity index (χ2v) is 4.97. The highest BCUT2D eigenvalue weighted by molar-refractivity contribution is 4.47. The Morgan fingerprint density at radius 1 is 1.06 bits per heavy atom. The van der Waals surface area contributed by atoms with E-state index in [0.29, 0.717) is 6.61 Å². The SMILES string of the molecule is CC(O)COC(C)CO.CCCOCCC(C)C. The second-order valence-electron chi connectivity index (χ2n) is 4.97. The fourth-order valence-corrected chi connectivity index (χ4v) is 0.922. The zero-order valence-corrected chi connectivity index (χ0v) is 12.7. The van der Waals surface area contributed by atoms with Gasteiger partial charge in [-0.05, 0) is 32.6 Å². The Hall–Kier alpha value is -0.160. The topological polar surface area (TPSA) is 58.9 Å². The van der Waals surface area contributed by atoms with Gasteiger partial charge in [0.15, 0.2) is 0 Å². The van der Waals surface area contributed by atoms with Crippen LogP contribution in [0.1, 0.15) is 47.5 Å². The van der Waals surface area contributed by atoms with Crippen molar-refractivity contribution in [3.05, 3.63) is 0 Å². The summed E-state index contributed by atoms with van der Waals surface area (Å²) in [5.41, 5.74) is 0. The molecule has 0 saturated carbocycles. The molecule has 0 spiro atoms. The monoisotopic (exact) mass is 264 g/mol. The molecule has 0 aliphatic carbocycles. The molecule has 0 fully saturated rings. The molecule has 112 valence electrons. The van der Waals surface area contributed by atoms with Gasteiger partial charge in [-0.15, -0.1) is 0 Å². The first kappa shape index (κ1) is 20.2. The summed E-state index contributed by atoms with van der Waals surface area (Å²) in [7, 11) is 0. The number of aliphatic hydroxyl groups is 2. The molecule has 4 nitrogen and oxygen atoms in total. The maximum Gasteiger partial charge on any atom is 0.0779 e. The second kappa shape index (κ2) is 14.9. The van der Waals surface area contributed by atoms with Crippen LogP contribution in [0.2, 0.25) is 0 Å². The molecule has 2 unspecified atom stereocenters. The average molecular weight is 264 g/mol. The van der Waals surface area contributed by atoms with Crippen LogP contribution >= 0.6 is 0 Å². The van der Waals surface area contributed by atoms with E-state index in [0.717, 1.165) is 25.6 Å². The summed E-state index contributed by atoms with van der Waals surface area (Å²) in [6.45, 7) is 12.1. The van der Waals surface area contributed by atoms with Crippen molar-refractivity contribution in [2.75, 3.05) is 26.4 Å². The molecular formula is C14H32O4.